The Balaban J connectivity index is 1.83. The van der Waals surface area contributed by atoms with E-state index in [-0.39, 0.29) is 30.6 Å². The minimum absolute atomic E-state index is 0.0758. The maximum absolute atomic E-state index is 13.9. The molecule has 1 N–H and O–H groups in total. The molecular weight excluding hydrogens is 749 g/mol. The third-order valence-corrected chi connectivity index (χ3v) is 10.7. The highest BCUT2D eigenvalue weighted by Crippen LogP contribution is 2.41. The van der Waals surface area contributed by atoms with Gasteiger partial charge in [0.25, 0.3) is 0 Å². The van der Waals surface area contributed by atoms with Gasteiger partial charge in [0.05, 0.1) is 72.5 Å². The molecule has 4 aliphatic heterocycles. The third-order valence-electron chi connectivity index (χ3n) is 10.3. The fourth-order valence-corrected chi connectivity index (χ4v) is 7.95. The Morgan fingerprint density at radius 2 is 1.68 bits per heavy atom. The smallest absolute Gasteiger partial charge is 0.340 e. The number of halogens is 1. The summed E-state index contributed by atoms with van der Waals surface area (Å²) in [6, 6.07) is 0. The van der Waals surface area contributed by atoms with Gasteiger partial charge >= 0.3 is 17.9 Å². The Labute approximate surface area is 304 Å². The molecule has 2 aromatic rings. The first-order valence-corrected chi connectivity index (χ1v) is 18.0. The minimum Gasteiger partial charge on any atom is -0.469 e. The number of aromatic nitrogens is 2. The van der Waals surface area contributed by atoms with E-state index in [1.54, 1.807) is 0 Å². The van der Waals surface area contributed by atoms with Crippen molar-refractivity contribution < 1.29 is 28.6 Å². The Morgan fingerprint density at radius 1 is 0.940 bits per heavy atom. The molecule has 2 aromatic heterocycles. The second-order valence-corrected chi connectivity index (χ2v) is 13.6. The molecule has 4 aliphatic rings. The number of hydrogen-bond acceptors (Lipinski definition) is 9. The molecule has 11 nitrogen and oxygen atoms in total. The number of carbonyl (C=O) groups is 3. The second-order valence-electron chi connectivity index (χ2n) is 12.9. The fraction of sp³-hybridized carbons (Fsp3) is 0.395. The van der Waals surface area contributed by atoms with Gasteiger partial charge in [-0.3, -0.25) is 14.6 Å². The topological polar surface area (TPSA) is 126 Å². The zero-order valence-corrected chi connectivity index (χ0v) is 31.9. The number of fused-ring (bicyclic) bond motifs is 2. The number of carbonyl (C=O) groups excluding carboxylic acids is 3. The Bertz CT molecular complexity index is 2160. The number of ether oxygens (including phenoxy) is 3. The number of esters is 3. The normalized spacial score (nSPS) is 18.9. The van der Waals surface area contributed by atoms with E-state index in [2.05, 4.69) is 74.0 Å². The number of nitrogens with zero attached hydrogens (tertiary/aromatic N) is 4. The monoisotopic (exact) mass is 791 g/mol. The number of methoxy groups -OCH3 is 3. The predicted molar refractivity (Wildman–Crippen MR) is 204 cm³/mol. The van der Waals surface area contributed by atoms with Crippen molar-refractivity contribution in [2.75, 3.05) is 26.9 Å². The molecule has 0 saturated carbocycles. The fourth-order valence-electron chi connectivity index (χ4n) is 7.59. The molecule has 6 rings (SSSR count). The van der Waals surface area contributed by atoms with Crippen molar-refractivity contribution in [2.24, 2.45) is 21.8 Å². The van der Waals surface area contributed by atoms with Crippen LogP contribution in [0.15, 0.2) is 36.6 Å². The van der Waals surface area contributed by atoms with E-state index >= 15 is 0 Å². The van der Waals surface area contributed by atoms with E-state index in [0.29, 0.717) is 46.0 Å². The summed E-state index contributed by atoms with van der Waals surface area (Å²) in [6.45, 7) is 10.3. The predicted octanol–water partition coefficient (Wildman–Crippen LogP) is 5.54. The molecule has 6 bridgehead atoms. The van der Waals surface area contributed by atoms with Crippen molar-refractivity contribution in [1.29, 1.82) is 0 Å². The standard InChI is InChI=1S/C38H42IN5O6/c1-9-23-19(2)27-17-32-24(13-14-39)21(4)30-16-28-20(3)25(11-10-12-33(45)48-6)36(41-28)26(15-34(46)49-7)37-35(38(47)50-8)22(5)31(18-29(23)40-27)44(37)42-43(30)32/h13-14,16-18,20,25,42H,9-12,15H2,1-8H3/b14-13+,27-17?,28-16?,29-18?,30-16?,31-18?,32-17?,36-26?,37-26?/t20-,25-/m0/s1. The number of allylic oxidation sites excluding steroid dienone is 3. The lowest BCUT2D eigenvalue weighted by Gasteiger charge is -2.21. The Kier molecular flexibility index (Phi) is 9.93. The Morgan fingerprint density at radius 3 is 2.34 bits per heavy atom. The SMILES string of the molecule is CCC1=C(C)C2=Cc3c(/C=C/I)c(C)c4n3Nn3c(c(C)c(C(=O)OC)c3=C(CC(=O)OC)C3=NC(=C4)[C@@H](C)[C@@H]3CCCC(=O)OC)=CC1=N2. The highest BCUT2D eigenvalue weighted by molar-refractivity contribution is 14.1. The Hall–Kier alpha value is -4.46. The molecule has 0 aromatic carbocycles. The summed E-state index contributed by atoms with van der Waals surface area (Å²) in [7, 11) is 4.09. The van der Waals surface area contributed by atoms with Gasteiger partial charge in [0.1, 0.15) is 0 Å². The van der Waals surface area contributed by atoms with Crippen LogP contribution in [0.2, 0.25) is 0 Å². The lowest BCUT2D eigenvalue weighted by Crippen LogP contribution is -2.43. The van der Waals surface area contributed by atoms with Gasteiger partial charge in [-0.1, -0.05) is 36.4 Å². The molecule has 0 aliphatic carbocycles. The lowest BCUT2D eigenvalue weighted by atomic mass is 9.82. The van der Waals surface area contributed by atoms with E-state index in [0.717, 1.165) is 57.2 Å². The van der Waals surface area contributed by atoms with Gasteiger partial charge in [0.2, 0.25) is 0 Å². The summed E-state index contributed by atoms with van der Waals surface area (Å²) in [6.07, 6.45) is 10.3. The van der Waals surface area contributed by atoms with E-state index in [4.69, 9.17) is 24.2 Å². The lowest BCUT2D eigenvalue weighted by molar-refractivity contribution is -0.141. The molecule has 6 heterocycles. The molecule has 50 heavy (non-hydrogen) atoms. The maximum atomic E-state index is 13.9. The van der Waals surface area contributed by atoms with Crippen molar-refractivity contribution in [3.63, 3.8) is 0 Å². The molecule has 12 heteroatoms. The van der Waals surface area contributed by atoms with Gasteiger partial charge in [0.15, 0.2) is 0 Å². The molecule has 0 radical (unpaired) electrons. The average molecular weight is 792 g/mol. The third kappa shape index (κ3) is 5.80. The first kappa shape index (κ1) is 35.4. The summed E-state index contributed by atoms with van der Waals surface area (Å²) in [5, 5.41) is 1.16. The molecule has 2 atom stereocenters. The summed E-state index contributed by atoms with van der Waals surface area (Å²) >= 11 is 2.24. The summed E-state index contributed by atoms with van der Waals surface area (Å²) in [5.74, 6) is -1.55. The summed E-state index contributed by atoms with van der Waals surface area (Å²) in [5.41, 5.74) is 14.4. The van der Waals surface area contributed by atoms with Crippen LogP contribution in [0.3, 0.4) is 0 Å². The zero-order chi connectivity index (χ0) is 36.0. The number of rotatable bonds is 9. The van der Waals surface area contributed by atoms with Crippen LogP contribution in [0.25, 0.3) is 29.9 Å². The van der Waals surface area contributed by atoms with E-state index < -0.39 is 11.9 Å². The van der Waals surface area contributed by atoms with Crippen LogP contribution >= 0.6 is 22.6 Å². The first-order valence-electron chi connectivity index (χ1n) is 16.8. The van der Waals surface area contributed by atoms with Crippen molar-refractivity contribution in [2.45, 2.75) is 66.7 Å². The summed E-state index contributed by atoms with van der Waals surface area (Å²) < 4.78 is 21.5. The average Bonchev–Trinajstić information content (AvgIpc) is 3.75. The molecule has 0 fully saturated rings. The molecular formula is C38H42IN5O6. The molecule has 0 amide bonds. The van der Waals surface area contributed by atoms with Crippen molar-refractivity contribution in [3.8, 4) is 0 Å². The number of nitrogens with one attached hydrogen (secondary N) is 1. The second kappa shape index (κ2) is 14.0. The van der Waals surface area contributed by atoms with Crippen molar-refractivity contribution in [1.82, 2.24) is 9.35 Å². The van der Waals surface area contributed by atoms with Gasteiger partial charge in [-0.25, -0.2) is 24.7 Å². The molecule has 0 saturated heterocycles. The van der Waals surface area contributed by atoms with Gasteiger partial charge in [-0.05, 0) is 90.7 Å². The van der Waals surface area contributed by atoms with Gasteiger partial charge in [-0.15, -0.1) is 0 Å². The number of hydrogen-bond donors (Lipinski definition) is 1. The van der Waals surface area contributed by atoms with Crippen LogP contribution in [0, 0.1) is 25.7 Å². The van der Waals surface area contributed by atoms with Crippen LogP contribution in [-0.4, -0.2) is 60.0 Å². The van der Waals surface area contributed by atoms with Crippen LogP contribution in [-0.2, 0) is 23.8 Å². The van der Waals surface area contributed by atoms with Crippen molar-refractivity contribution in [3.05, 3.63) is 71.0 Å². The van der Waals surface area contributed by atoms with Crippen LogP contribution in [0.1, 0.15) is 91.3 Å². The van der Waals surface area contributed by atoms with Gasteiger partial charge in [-0.2, -0.15) is 0 Å². The quantitative estimate of drug-likeness (QED) is 0.201. The van der Waals surface area contributed by atoms with E-state index in [9.17, 15) is 14.4 Å². The zero-order valence-electron chi connectivity index (χ0n) is 29.7. The maximum Gasteiger partial charge on any atom is 0.340 e. The highest BCUT2D eigenvalue weighted by atomic mass is 127. The first-order chi connectivity index (χ1) is 24.0. The van der Waals surface area contributed by atoms with E-state index in [1.165, 1.54) is 21.3 Å². The summed E-state index contributed by atoms with van der Waals surface area (Å²) in [4.78, 5) is 49.8. The van der Waals surface area contributed by atoms with Crippen LogP contribution in [0.5, 0.6) is 0 Å². The number of aliphatic imine (C=N–C) groups is 2. The molecule has 262 valence electrons. The largest absolute Gasteiger partial charge is 0.469 e. The van der Waals surface area contributed by atoms with E-state index in [1.807, 2.05) is 26.4 Å². The molecule has 0 unspecified atom stereocenters. The highest BCUT2D eigenvalue weighted by Gasteiger charge is 2.38. The van der Waals surface area contributed by atoms with Gasteiger partial charge < -0.3 is 14.2 Å². The van der Waals surface area contributed by atoms with Crippen LogP contribution < -0.4 is 16.2 Å². The van der Waals surface area contributed by atoms with Crippen molar-refractivity contribution >= 4 is 81.8 Å². The minimum atomic E-state index is -0.543. The van der Waals surface area contributed by atoms with Crippen LogP contribution in [0.4, 0.5) is 0 Å². The van der Waals surface area contributed by atoms with Gasteiger partial charge in [0, 0.05) is 35.1 Å². The molecule has 0 spiro atoms.